The van der Waals surface area contributed by atoms with E-state index in [2.05, 4.69) is 41.4 Å². The van der Waals surface area contributed by atoms with Gasteiger partial charge in [-0.1, -0.05) is 13.3 Å². The number of thiophene rings is 1. The summed E-state index contributed by atoms with van der Waals surface area (Å²) >= 11 is 1.67. The number of nitrogens with zero attached hydrogens (tertiary/aromatic N) is 2. The fourth-order valence-electron chi connectivity index (χ4n) is 2.12. The quantitative estimate of drug-likeness (QED) is 0.805. The molecule has 2 aromatic heterocycles. The lowest BCUT2D eigenvalue weighted by atomic mass is 10.2. The molecule has 0 atom stereocenters. The number of hydrogen-bond donors (Lipinski definition) is 2. The number of rotatable bonds is 6. The molecule has 0 aliphatic heterocycles. The minimum atomic E-state index is -0.00234. The van der Waals surface area contributed by atoms with Gasteiger partial charge in [0, 0.05) is 11.4 Å². The highest BCUT2D eigenvalue weighted by Crippen LogP contribution is 2.32. The van der Waals surface area contributed by atoms with Gasteiger partial charge < -0.3 is 10.6 Å². The lowest BCUT2D eigenvalue weighted by Gasteiger charge is -2.09. The van der Waals surface area contributed by atoms with Crippen molar-refractivity contribution in [3.05, 3.63) is 16.3 Å². The van der Waals surface area contributed by atoms with Gasteiger partial charge in [-0.3, -0.25) is 4.79 Å². The number of hydrogen-bond acceptors (Lipinski definition) is 5. The maximum Gasteiger partial charge on any atom is 0.239 e. The van der Waals surface area contributed by atoms with E-state index in [1.165, 1.54) is 10.4 Å². The molecule has 5 nitrogen and oxygen atoms in total. The molecule has 0 bridgehead atoms. The van der Waals surface area contributed by atoms with Crippen LogP contribution in [0.2, 0.25) is 0 Å². The van der Waals surface area contributed by atoms with Gasteiger partial charge in [0.2, 0.25) is 5.91 Å². The first-order valence-corrected chi connectivity index (χ1v) is 8.09. The molecule has 1 amide bonds. The van der Waals surface area contributed by atoms with E-state index in [4.69, 9.17) is 0 Å². The normalized spacial score (nSPS) is 10.9. The summed E-state index contributed by atoms with van der Waals surface area (Å²) in [5.74, 6) is 1.47. The van der Waals surface area contributed by atoms with Crippen molar-refractivity contribution in [3.8, 4) is 0 Å². The second-order valence-corrected chi connectivity index (χ2v) is 6.34. The van der Waals surface area contributed by atoms with Crippen LogP contribution in [0, 0.1) is 20.8 Å². The van der Waals surface area contributed by atoms with Gasteiger partial charge in [0.05, 0.1) is 11.9 Å². The Kier molecular flexibility index (Phi) is 5.12. The highest BCUT2D eigenvalue weighted by atomic mass is 32.1. The first kappa shape index (κ1) is 15.7. The van der Waals surface area contributed by atoms with Gasteiger partial charge in [-0.15, -0.1) is 11.3 Å². The van der Waals surface area contributed by atoms with Crippen molar-refractivity contribution in [2.24, 2.45) is 0 Å². The third-order valence-corrected chi connectivity index (χ3v) is 4.51. The van der Waals surface area contributed by atoms with Crippen LogP contribution in [-0.2, 0) is 4.79 Å². The Morgan fingerprint density at radius 1 is 1.24 bits per heavy atom. The van der Waals surface area contributed by atoms with E-state index >= 15 is 0 Å². The SMILES string of the molecule is CCCCNC(=O)CNc1nc(C)nc2sc(C)c(C)c12. The summed E-state index contributed by atoms with van der Waals surface area (Å²) in [4.78, 5) is 22.9. The summed E-state index contributed by atoms with van der Waals surface area (Å²) in [6.07, 6.45) is 2.08. The second kappa shape index (κ2) is 6.85. The number of carbonyl (C=O) groups is 1. The van der Waals surface area contributed by atoms with E-state index in [1.54, 1.807) is 11.3 Å². The summed E-state index contributed by atoms with van der Waals surface area (Å²) in [5.41, 5.74) is 1.18. The molecule has 0 fully saturated rings. The maximum atomic E-state index is 11.8. The first-order chi connectivity index (χ1) is 10.0. The predicted octanol–water partition coefficient (Wildman–Crippen LogP) is 2.94. The minimum absolute atomic E-state index is 0.00234. The zero-order chi connectivity index (χ0) is 15.4. The van der Waals surface area contributed by atoms with Crippen LogP contribution in [0.5, 0.6) is 0 Å². The van der Waals surface area contributed by atoms with Gasteiger partial charge >= 0.3 is 0 Å². The zero-order valence-electron chi connectivity index (χ0n) is 13.0. The molecule has 114 valence electrons. The fourth-order valence-corrected chi connectivity index (χ4v) is 3.19. The summed E-state index contributed by atoms with van der Waals surface area (Å²) in [7, 11) is 0. The van der Waals surface area contributed by atoms with Crippen molar-refractivity contribution >= 4 is 33.3 Å². The second-order valence-electron chi connectivity index (χ2n) is 5.14. The van der Waals surface area contributed by atoms with E-state index in [9.17, 15) is 4.79 Å². The lowest BCUT2D eigenvalue weighted by Crippen LogP contribution is -2.30. The molecule has 0 radical (unpaired) electrons. The van der Waals surface area contributed by atoms with Crippen molar-refractivity contribution in [2.75, 3.05) is 18.4 Å². The molecular weight excluding hydrogens is 284 g/mol. The van der Waals surface area contributed by atoms with E-state index in [1.807, 2.05) is 6.92 Å². The van der Waals surface area contributed by atoms with Gasteiger partial charge in [-0.05, 0) is 32.8 Å². The summed E-state index contributed by atoms with van der Waals surface area (Å²) < 4.78 is 0. The van der Waals surface area contributed by atoms with Crippen molar-refractivity contribution in [1.29, 1.82) is 0 Å². The number of aryl methyl sites for hydroxylation is 3. The van der Waals surface area contributed by atoms with Crippen LogP contribution in [0.3, 0.4) is 0 Å². The molecule has 0 unspecified atom stereocenters. The molecule has 2 heterocycles. The maximum absolute atomic E-state index is 11.8. The Labute approximate surface area is 129 Å². The Balaban J connectivity index is 2.13. The highest BCUT2D eigenvalue weighted by Gasteiger charge is 2.13. The van der Waals surface area contributed by atoms with Gasteiger partial charge in [0.1, 0.15) is 16.5 Å². The average molecular weight is 306 g/mol. The number of unbranched alkanes of at least 4 members (excludes halogenated alkanes) is 1. The van der Waals surface area contributed by atoms with Crippen LogP contribution >= 0.6 is 11.3 Å². The summed E-state index contributed by atoms with van der Waals surface area (Å²) in [6.45, 7) is 9.09. The molecule has 2 aromatic rings. The standard InChI is InChI=1S/C15H22N4OS/c1-5-6-7-16-12(20)8-17-14-13-9(2)10(3)21-15(13)19-11(4)18-14/h5-8H2,1-4H3,(H,16,20)(H,17,18,19). The zero-order valence-corrected chi connectivity index (χ0v) is 13.9. The molecule has 0 spiro atoms. The third kappa shape index (κ3) is 3.69. The number of fused-ring (bicyclic) bond motifs is 1. The van der Waals surface area contributed by atoms with Crippen molar-refractivity contribution in [2.45, 2.75) is 40.5 Å². The van der Waals surface area contributed by atoms with Gasteiger partial charge in [0.25, 0.3) is 0 Å². The first-order valence-electron chi connectivity index (χ1n) is 7.27. The van der Waals surface area contributed by atoms with Crippen LogP contribution in [0.1, 0.15) is 36.0 Å². The van der Waals surface area contributed by atoms with E-state index in [0.717, 1.165) is 41.2 Å². The van der Waals surface area contributed by atoms with Crippen LogP contribution in [0.25, 0.3) is 10.2 Å². The summed E-state index contributed by atoms with van der Waals surface area (Å²) in [6, 6.07) is 0. The third-order valence-electron chi connectivity index (χ3n) is 3.41. The summed E-state index contributed by atoms with van der Waals surface area (Å²) in [5, 5.41) is 7.08. The lowest BCUT2D eigenvalue weighted by molar-refractivity contribution is -0.119. The van der Waals surface area contributed by atoms with E-state index < -0.39 is 0 Å². The molecule has 21 heavy (non-hydrogen) atoms. The number of amides is 1. The van der Waals surface area contributed by atoms with Gasteiger partial charge in [0.15, 0.2) is 0 Å². The average Bonchev–Trinajstić information content (AvgIpc) is 2.71. The molecule has 0 saturated carbocycles. The van der Waals surface area contributed by atoms with Crippen molar-refractivity contribution in [3.63, 3.8) is 0 Å². The molecular formula is C15H22N4OS. The minimum Gasteiger partial charge on any atom is -0.360 e. The number of anilines is 1. The molecule has 0 aliphatic carbocycles. The smallest absolute Gasteiger partial charge is 0.239 e. The van der Waals surface area contributed by atoms with Crippen LogP contribution in [0.15, 0.2) is 0 Å². The topological polar surface area (TPSA) is 66.9 Å². The van der Waals surface area contributed by atoms with E-state index in [0.29, 0.717) is 0 Å². The van der Waals surface area contributed by atoms with Gasteiger partial charge in [-0.25, -0.2) is 9.97 Å². The molecule has 0 saturated heterocycles. The monoisotopic (exact) mass is 306 g/mol. The highest BCUT2D eigenvalue weighted by molar-refractivity contribution is 7.18. The van der Waals surface area contributed by atoms with Crippen molar-refractivity contribution < 1.29 is 4.79 Å². The number of aromatic nitrogens is 2. The van der Waals surface area contributed by atoms with Crippen LogP contribution < -0.4 is 10.6 Å². The largest absolute Gasteiger partial charge is 0.360 e. The fraction of sp³-hybridized carbons (Fsp3) is 0.533. The number of nitrogens with one attached hydrogen (secondary N) is 2. The van der Waals surface area contributed by atoms with Crippen LogP contribution in [0.4, 0.5) is 5.82 Å². The molecule has 2 rings (SSSR count). The van der Waals surface area contributed by atoms with Crippen molar-refractivity contribution in [1.82, 2.24) is 15.3 Å². The Morgan fingerprint density at radius 2 is 2.00 bits per heavy atom. The Morgan fingerprint density at radius 3 is 2.71 bits per heavy atom. The number of carbonyl (C=O) groups excluding carboxylic acids is 1. The molecule has 0 aromatic carbocycles. The Hall–Kier alpha value is -1.69. The van der Waals surface area contributed by atoms with E-state index in [-0.39, 0.29) is 12.5 Å². The molecule has 2 N–H and O–H groups in total. The Bertz CT molecular complexity index is 651. The van der Waals surface area contributed by atoms with Crippen LogP contribution in [-0.4, -0.2) is 29.0 Å². The molecule has 0 aliphatic rings. The predicted molar refractivity (Wildman–Crippen MR) is 88.0 cm³/mol. The molecule has 6 heteroatoms. The van der Waals surface area contributed by atoms with Gasteiger partial charge in [-0.2, -0.15) is 0 Å².